The summed E-state index contributed by atoms with van der Waals surface area (Å²) in [5, 5.41) is 3.35. The smallest absolute Gasteiger partial charge is 0.251 e. The standard InChI is InChI=1S/C19H18N2O4S/c20-18(23)17-12-3-1-2-4-15(12)26-19(17)21-16(22)8-6-11-5-7-13-14(9-11)25-10-24-13/h5-9H,1-4,10H2,(H2,20,23)(H,21,22). The van der Waals surface area contributed by atoms with Crippen molar-refractivity contribution >= 4 is 34.2 Å². The molecule has 4 rings (SSSR count). The first-order chi connectivity index (χ1) is 12.6. The third-order valence-electron chi connectivity index (χ3n) is 4.48. The molecule has 6 nitrogen and oxygen atoms in total. The zero-order valence-corrected chi connectivity index (χ0v) is 14.9. The molecule has 0 spiro atoms. The molecule has 2 aliphatic rings. The summed E-state index contributed by atoms with van der Waals surface area (Å²) in [6, 6.07) is 5.46. The largest absolute Gasteiger partial charge is 0.454 e. The van der Waals surface area contributed by atoms with E-state index in [0.29, 0.717) is 22.1 Å². The van der Waals surface area contributed by atoms with Crippen LogP contribution in [0.1, 0.15) is 39.2 Å². The lowest BCUT2D eigenvalue weighted by atomic mass is 9.95. The SMILES string of the molecule is NC(=O)c1c(NC(=O)C=Cc2ccc3c(c2)OCO3)sc2c1CCCC2. The van der Waals surface area contributed by atoms with Gasteiger partial charge in [0, 0.05) is 11.0 Å². The fourth-order valence-electron chi connectivity index (χ4n) is 3.26. The molecule has 1 aliphatic heterocycles. The van der Waals surface area contributed by atoms with Gasteiger partial charge in [-0.1, -0.05) is 6.07 Å². The van der Waals surface area contributed by atoms with Crippen LogP contribution in [0.15, 0.2) is 24.3 Å². The summed E-state index contributed by atoms with van der Waals surface area (Å²) in [7, 11) is 0. The van der Waals surface area contributed by atoms with E-state index < -0.39 is 5.91 Å². The first-order valence-corrected chi connectivity index (χ1v) is 9.26. The monoisotopic (exact) mass is 370 g/mol. The summed E-state index contributed by atoms with van der Waals surface area (Å²) in [6.07, 6.45) is 7.04. The van der Waals surface area contributed by atoms with Gasteiger partial charge in [-0.05, 0) is 55.0 Å². The third-order valence-corrected chi connectivity index (χ3v) is 5.69. The maximum Gasteiger partial charge on any atom is 0.251 e. The molecule has 1 aliphatic carbocycles. The number of amides is 2. The van der Waals surface area contributed by atoms with Gasteiger partial charge in [-0.3, -0.25) is 9.59 Å². The van der Waals surface area contributed by atoms with E-state index in [1.54, 1.807) is 12.1 Å². The average Bonchev–Trinajstić information content (AvgIpc) is 3.23. The molecule has 0 atom stereocenters. The van der Waals surface area contributed by atoms with Crippen LogP contribution in [0.25, 0.3) is 6.08 Å². The van der Waals surface area contributed by atoms with E-state index in [1.807, 2.05) is 12.1 Å². The molecule has 1 aromatic carbocycles. The van der Waals surface area contributed by atoms with Crippen LogP contribution < -0.4 is 20.5 Å². The average molecular weight is 370 g/mol. The number of rotatable bonds is 4. The Bertz CT molecular complexity index is 917. The Hall–Kier alpha value is -2.80. The summed E-state index contributed by atoms with van der Waals surface area (Å²) in [5.74, 6) is 0.569. The fraction of sp³-hybridized carbons (Fsp3) is 0.263. The molecule has 7 heteroatoms. The predicted octanol–water partition coefficient (Wildman–Crippen LogP) is 3.11. The minimum Gasteiger partial charge on any atom is -0.454 e. The van der Waals surface area contributed by atoms with Crippen molar-refractivity contribution in [3.8, 4) is 11.5 Å². The summed E-state index contributed by atoms with van der Waals surface area (Å²) in [4.78, 5) is 25.3. The Morgan fingerprint density at radius 1 is 1.15 bits per heavy atom. The number of carbonyl (C=O) groups is 2. The second-order valence-corrected chi connectivity index (χ2v) is 7.32. The van der Waals surface area contributed by atoms with Gasteiger partial charge in [-0.2, -0.15) is 0 Å². The Morgan fingerprint density at radius 3 is 2.81 bits per heavy atom. The van der Waals surface area contributed by atoms with Gasteiger partial charge >= 0.3 is 0 Å². The molecular weight excluding hydrogens is 352 g/mol. The summed E-state index contributed by atoms with van der Waals surface area (Å²) >= 11 is 1.45. The molecule has 0 unspecified atom stereocenters. The quantitative estimate of drug-likeness (QED) is 0.809. The molecule has 2 heterocycles. The van der Waals surface area contributed by atoms with E-state index in [4.69, 9.17) is 15.2 Å². The van der Waals surface area contributed by atoms with Crippen LogP contribution in [0, 0.1) is 0 Å². The second-order valence-electron chi connectivity index (χ2n) is 6.21. The van der Waals surface area contributed by atoms with Crippen molar-refractivity contribution in [2.24, 2.45) is 5.73 Å². The third kappa shape index (κ3) is 3.17. The number of primary amides is 1. The van der Waals surface area contributed by atoms with Crippen molar-refractivity contribution in [3.05, 3.63) is 45.8 Å². The highest BCUT2D eigenvalue weighted by molar-refractivity contribution is 7.17. The van der Waals surface area contributed by atoms with E-state index in [-0.39, 0.29) is 12.7 Å². The Morgan fingerprint density at radius 2 is 1.96 bits per heavy atom. The molecular formula is C19H18N2O4S. The first kappa shape index (κ1) is 16.7. The van der Waals surface area contributed by atoms with Crippen molar-refractivity contribution in [2.75, 3.05) is 12.1 Å². The van der Waals surface area contributed by atoms with Crippen molar-refractivity contribution < 1.29 is 19.1 Å². The molecule has 0 saturated heterocycles. The molecule has 0 fully saturated rings. The van der Waals surface area contributed by atoms with Crippen LogP contribution in [0.4, 0.5) is 5.00 Å². The Labute approximate surface area is 154 Å². The highest BCUT2D eigenvalue weighted by Crippen LogP contribution is 2.38. The summed E-state index contributed by atoms with van der Waals surface area (Å²) in [5.41, 5.74) is 7.84. The number of fused-ring (bicyclic) bond motifs is 2. The van der Waals surface area contributed by atoms with E-state index in [1.165, 1.54) is 17.4 Å². The van der Waals surface area contributed by atoms with E-state index in [2.05, 4.69) is 5.32 Å². The molecule has 26 heavy (non-hydrogen) atoms. The number of carbonyl (C=O) groups excluding carboxylic acids is 2. The summed E-state index contributed by atoms with van der Waals surface area (Å²) < 4.78 is 10.6. The molecule has 134 valence electrons. The van der Waals surface area contributed by atoms with Gasteiger partial charge < -0.3 is 20.5 Å². The number of ether oxygens (including phenoxy) is 2. The molecule has 0 bridgehead atoms. The number of hydrogen-bond acceptors (Lipinski definition) is 5. The normalized spacial score (nSPS) is 15.1. The maximum atomic E-state index is 12.3. The van der Waals surface area contributed by atoms with Crippen LogP contribution in [-0.4, -0.2) is 18.6 Å². The van der Waals surface area contributed by atoms with Gasteiger partial charge in [0.25, 0.3) is 5.91 Å². The van der Waals surface area contributed by atoms with Crippen LogP contribution >= 0.6 is 11.3 Å². The van der Waals surface area contributed by atoms with E-state index in [9.17, 15) is 9.59 Å². The fourth-order valence-corrected chi connectivity index (χ4v) is 4.55. The zero-order chi connectivity index (χ0) is 18.1. The van der Waals surface area contributed by atoms with Crippen LogP contribution in [0.5, 0.6) is 11.5 Å². The van der Waals surface area contributed by atoms with Crippen molar-refractivity contribution in [2.45, 2.75) is 25.7 Å². The van der Waals surface area contributed by atoms with Crippen LogP contribution in [0.3, 0.4) is 0 Å². The molecule has 1 aromatic heterocycles. The molecule has 0 saturated carbocycles. The van der Waals surface area contributed by atoms with Gasteiger partial charge in [0.15, 0.2) is 11.5 Å². The highest BCUT2D eigenvalue weighted by Gasteiger charge is 2.24. The van der Waals surface area contributed by atoms with E-state index in [0.717, 1.165) is 41.7 Å². The van der Waals surface area contributed by atoms with Gasteiger partial charge in [0.1, 0.15) is 5.00 Å². The number of benzene rings is 1. The molecule has 2 aromatic rings. The van der Waals surface area contributed by atoms with Crippen LogP contribution in [-0.2, 0) is 17.6 Å². The summed E-state index contributed by atoms with van der Waals surface area (Å²) in [6.45, 7) is 0.210. The number of hydrogen-bond donors (Lipinski definition) is 2. The van der Waals surface area contributed by atoms with Gasteiger partial charge in [0.05, 0.1) is 5.56 Å². The molecule has 2 amide bonds. The molecule has 3 N–H and O–H groups in total. The topological polar surface area (TPSA) is 90.7 Å². The van der Waals surface area contributed by atoms with Crippen molar-refractivity contribution in [1.82, 2.24) is 0 Å². The lowest BCUT2D eigenvalue weighted by Crippen LogP contribution is -2.17. The highest BCUT2D eigenvalue weighted by atomic mass is 32.1. The number of thiophene rings is 1. The van der Waals surface area contributed by atoms with E-state index >= 15 is 0 Å². The predicted molar refractivity (Wildman–Crippen MR) is 99.7 cm³/mol. The lowest BCUT2D eigenvalue weighted by Gasteiger charge is -2.11. The first-order valence-electron chi connectivity index (χ1n) is 8.45. The Balaban J connectivity index is 1.51. The Kier molecular flexibility index (Phi) is 4.38. The number of aryl methyl sites for hydroxylation is 1. The molecule has 0 radical (unpaired) electrons. The van der Waals surface area contributed by atoms with Crippen molar-refractivity contribution in [1.29, 1.82) is 0 Å². The zero-order valence-electron chi connectivity index (χ0n) is 14.0. The minimum absolute atomic E-state index is 0.210. The van der Waals surface area contributed by atoms with Crippen molar-refractivity contribution in [3.63, 3.8) is 0 Å². The number of anilines is 1. The van der Waals surface area contributed by atoms with Gasteiger partial charge in [-0.25, -0.2) is 0 Å². The van der Waals surface area contributed by atoms with Crippen LogP contribution in [0.2, 0.25) is 0 Å². The van der Waals surface area contributed by atoms with Gasteiger partial charge in [0.2, 0.25) is 12.7 Å². The number of nitrogens with two attached hydrogens (primary N) is 1. The number of nitrogens with one attached hydrogen (secondary N) is 1. The van der Waals surface area contributed by atoms with Gasteiger partial charge in [-0.15, -0.1) is 11.3 Å². The lowest BCUT2D eigenvalue weighted by molar-refractivity contribution is -0.111. The second kappa shape index (κ2) is 6.84. The maximum absolute atomic E-state index is 12.3. The minimum atomic E-state index is -0.487.